The van der Waals surface area contributed by atoms with Crippen LogP contribution in [0.15, 0.2) is 78.3 Å². The minimum absolute atomic E-state index is 0.291. The van der Waals surface area contributed by atoms with Gasteiger partial charge in [0.25, 0.3) is 5.91 Å². The van der Waals surface area contributed by atoms with Crippen LogP contribution in [0.4, 0.5) is 0 Å². The first-order valence-electron chi connectivity index (χ1n) is 8.87. The van der Waals surface area contributed by atoms with Crippen molar-refractivity contribution in [2.75, 3.05) is 0 Å². The third-order valence-electron chi connectivity index (χ3n) is 4.49. The van der Waals surface area contributed by atoms with E-state index in [0.717, 1.165) is 22.0 Å². The van der Waals surface area contributed by atoms with Gasteiger partial charge in [-0.05, 0) is 35.9 Å². The molecule has 1 N–H and O–H groups in total. The molecule has 0 fully saturated rings. The van der Waals surface area contributed by atoms with Gasteiger partial charge >= 0.3 is 0 Å². The number of hydrogen-bond donors (Lipinski definition) is 1. The average molecular weight is 423 g/mol. The van der Waals surface area contributed by atoms with Crippen LogP contribution in [0.25, 0.3) is 10.9 Å². The van der Waals surface area contributed by atoms with Gasteiger partial charge in [0, 0.05) is 57.2 Å². The van der Waals surface area contributed by atoms with Crippen molar-refractivity contribution < 1.29 is 4.79 Å². The van der Waals surface area contributed by atoms with E-state index >= 15 is 0 Å². The number of hydrazone groups is 1. The van der Waals surface area contributed by atoms with E-state index in [1.54, 1.807) is 36.8 Å². The lowest BCUT2D eigenvalue weighted by Gasteiger charge is -2.08. The predicted octanol–water partition coefficient (Wildman–Crippen LogP) is 5.16. The van der Waals surface area contributed by atoms with Gasteiger partial charge in [-0.25, -0.2) is 5.43 Å². The molecule has 0 spiro atoms. The number of halogens is 2. The molecule has 4 rings (SSSR count). The average Bonchev–Trinajstić information content (AvgIpc) is 3.08. The van der Waals surface area contributed by atoms with Crippen LogP contribution in [-0.4, -0.2) is 21.7 Å². The third kappa shape index (κ3) is 4.31. The smallest absolute Gasteiger partial charge is 0.271 e. The molecule has 29 heavy (non-hydrogen) atoms. The number of carbonyl (C=O) groups is 1. The molecule has 0 bridgehead atoms. The zero-order valence-electron chi connectivity index (χ0n) is 15.2. The number of hydrogen-bond acceptors (Lipinski definition) is 3. The Hall–Kier alpha value is -3.15. The molecule has 0 saturated heterocycles. The lowest BCUT2D eigenvalue weighted by Crippen LogP contribution is -2.17. The van der Waals surface area contributed by atoms with Gasteiger partial charge in [-0.15, -0.1) is 0 Å². The first kappa shape index (κ1) is 19.2. The Morgan fingerprint density at radius 2 is 1.90 bits per heavy atom. The van der Waals surface area contributed by atoms with Crippen LogP contribution >= 0.6 is 23.2 Å². The van der Waals surface area contributed by atoms with Crippen LogP contribution in [0.2, 0.25) is 10.0 Å². The fourth-order valence-electron chi connectivity index (χ4n) is 3.07. The fourth-order valence-corrected chi connectivity index (χ4v) is 3.54. The van der Waals surface area contributed by atoms with E-state index in [1.807, 2.05) is 42.6 Å². The van der Waals surface area contributed by atoms with Crippen LogP contribution in [0.3, 0.4) is 0 Å². The van der Waals surface area contributed by atoms with Crippen LogP contribution < -0.4 is 5.43 Å². The summed E-state index contributed by atoms with van der Waals surface area (Å²) in [6.45, 7) is 0.591. The van der Waals surface area contributed by atoms with E-state index in [4.69, 9.17) is 23.2 Å². The highest BCUT2D eigenvalue weighted by Gasteiger charge is 2.09. The molecule has 0 aliphatic rings. The molecule has 0 aliphatic heterocycles. The maximum atomic E-state index is 12.1. The Labute approximate surface area is 177 Å². The summed E-state index contributed by atoms with van der Waals surface area (Å²) in [6, 6.07) is 16.7. The third-order valence-corrected chi connectivity index (χ3v) is 5.07. The van der Waals surface area contributed by atoms with E-state index in [1.165, 1.54) is 0 Å². The first-order valence-corrected chi connectivity index (χ1v) is 9.62. The van der Waals surface area contributed by atoms with E-state index in [-0.39, 0.29) is 5.91 Å². The number of nitrogens with zero attached hydrogens (tertiary/aromatic N) is 3. The Balaban J connectivity index is 1.59. The van der Waals surface area contributed by atoms with Crippen LogP contribution in [-0.2, 0) is 6.54 Å². The maximum Gasteiger partial charge on any atom is 0.271 e. The second-order valence-corrected chi connectivity index (χ2v) is 7.24. The second-order valence-electron chi connectivity index (χ2n) is 6.40. The normalized spacial score (nSPS) is 11.2. The zero-order chi connectivity index (χ0) is 20.2. The molecule has 0 saturated carbocycles. The molecule has 144 valence electrons. The van der Waals surface area contributed by atoms with Gasteiger partial charge in [0.05, 0.1) is 6.21 Å². The number of nitrogens with one attached hydrogen (secondary N) is 1. The number of fused-ring (bicyclic) bond motifs is 1. The summed E-state index contributed by atoms with van der Waals surface area (Å²) in [7, 11) is 0. The number of para-hydroxylation sites is 1. The number of carbonyl (C=O) groups excluding carboxylic acids is 1. The molecule has 2 heterocycles. The Bertz CT molecular complexity index is 1200. The van der Waals surface area contributed by atoms with Gasteiger partial charge in [-0.2, -0.15) is 5.10 Å². The summed E-state index contributed by atoms with van der Waals surface area (Å²) < 4.78 is 2.09. The highest BCUT2D eigenvalue weighted by atomic mass is 35.5. The number of amides is 1. The van der Waals surface area contributed by atoms with Gasteiger partial charge in [0.15, 0.2) is 0 Å². The van der Waals surface area contributed by atoms with Crippen LogP contribution in [0, 0.1) is 0 Å². The minimum atomic E-state index is -0.291. The maximum absolute atomic E-state index is 12.1. The van der Waals surface area contributed by atoms with E-state index < -0.39 is 0 Å². The van der Waals surface area contributed by atoms with Crippen molar-refractivity contribution in [2.45, 2.75) is 6.54 Å². The number of rotatable bonds is 5. The largest absolute Gasteiger partial charge is 0.342 e. The van der Waals surface area contributed by atoms with E-state index in [2.05, 4.69) is 20.1 Å². The summed E-state index contributed by atoms with van der Waals surface area (Å²) in [5, 5.41) is 6.37. The van der Waals surface area contributed by atoms with Gasteiger partial charge in [0.1, 0.15) is 0 Å². The first-order chi connectivity index (χ1) is 14.1. The van der Waals surface area contributed by atoms with Crippen molar-refractivity contribution in [3.8, 4) is 0 Å². The summed E-state index contributed by atoms with van der Waals surface area (Å²) in [6.07, 6.45) is 6.75. The number of pyridine rings is 1. The Morgan fingerprint density at radius 3 is 2.69 bits per heavy atom. The lowest BCUT2D eigenvalue weighted by molar-refractivity contribution is 0.0955. The van der Waals surface area contributed by atoms with Crippen molar-refractivity contribution in [2.24, 2.45) is 5.10 Å². The highest BCUT2D eigenvalue weighted by Crippen LogP contribution is 2.25. The van der Waals surface area contributed by atoms with E-state index in [9.17, 15) is 4.79 Å². The van der Waals surface area contributed by atoms with E-state index in [0.29, 0.717) is 22.2 Å². The van der Waals surface area contributed by atoms with Crippen molar-refractivity contribution >= 4 is 46.2 Å². The topological polar surface area (TPSA) is 59.3 Å². The second kappa shape index (κ2) is 8.47. The molecule has 0 atom stereocenters. The van der Waals surface area contributed by atoms with Gasteiger partial charge < -0.3 is 4.57 Å². The fraction of sp³-hybridized carbons (Fsp3) is 0.0455. The molecule has 4 aromatic rings. The van der Waals surface area contributed by atoms with Crippen LogP contribution in [0.1, 0.15) is 21.5 Å². The van der Waals surface area contributed by atoms with Crippen LogP contribution in [0.5, 0.6) is 0 Å². The molecule has 5 nitrogen and oxygen atoms in total. The zero-order valence-corrected chi connectivity index (χ0v) is 16.7. The summed E-state index contributed by atoms with van der Waals surface area (Å²) in [5.41, 5.74) is 5.94. The molecular formula is C22H16Cl2N4O. The van der Waals surface area contributed by atoms with Crippen molar-refractivity contribution in [3.05, 3.63) is 99.9 Å². The predicted molar refractivity (Wildman–Crippen MR) is 117 cm³/mol. The van der Waals surface area contributed by atoms with Gasteiger partial charge in [0.2, 0.25) is 0 Å². The summed E-state index contributed by atoms with van der Waals surface area (Å²) in [4.78, 5) is 16.0. The van der Waals surface area contributed by atoms with Crippen molar-refractivity contribution in [1.29, 1.82) is 0 Å². The number of aromatic nitrogens is 2. The standard InChI is InChI=1S/C22H16Cl2N4O/c23-18-6-5-16(20(24)11-18)13-28-14-17(19-3-1-2-4-21(19)28)12-26-27-22(29)15-7-9-25-10-8-15/h1-12,14H,13H2,(H,27,29). The van der Waals surface area contributed by atoms with Crippen molar-refractivity contribution in [3.63, 3.8) is 0 Å². The molecular weight excluding hydrogens is 407 g/mol. The Morgan fingerprint density at radius 1 is 1.10 bits per heavy atom. The van der Waals surface area contributed by atoms with Gasteiger partial charge in [-0.3, -0.25) is 9.78 Å². The molecule has 0 radical (unpaired) electrons. The van der Waals surface area contributed by atoms with Crippen molar-refractivity contribution in [1.82, 2.24) is 15.0 Å². The summed E-state index contributed by atoms with van der Waals surface area (Å²) in [5.74, 6) is -0.291. The molecule has 7 heteroatoms. The molecule has 0 aliphatic carbocycles. The molecule has 2 aromatic heterocycles. The summed E-state index contributed by atoms with van der Waals surface area (Å²) >= 11 is 12.3. The quantitative estimate of drug-likeness (QED) is 0.356. The van der Waals surface area contributed by atoms with Gasteiger partial charge in [-0.1, -0.05) is 47.5 Å². The lowest BCUT2D eigenvalue weighted by atomic mass is 10.2. The Kier molecular flexibility index (Phi) is 5.60. The minimum Gasteiger partial charge on any atom is -0.342 e. The number of benzene rings is 2. The SMILES string of the molecule is O=C(NN=Cc1cn(Cc2ccc(Cl)cc2Cl)c2ccccc12)c1ccncc1. The molecule has 2 aromatic carbocycles. The molecule has 0 unspecified atom stereocenters. The monoisotopic (exact) mass is 422 g/mol. The molecule has 1 amide bonds. The highest BCUT2D eigenvalue weighted by molar-refractivity contribution is 6.35.